The summed E-state index contributed by atoms with van der Waals surface area (Å²) >= 11 is 3.71. The van der Waals surface area contributed by atoms with Crippen molar-refractivity contribution >= 4 is 37.6 Å². The summed E-state index contributed by atoms with van der Waals surface area (Å²) in [5, 5.41) is 16.2. The number of aliphatic hydroxyl groups is 1. The van der Waals surface area contributed by atoms with Crippen LogP contribution in [0.4, 0.5) is 0 Å². The number of benzene rings is 4. The predicted octanol–water partition coefficient (Wildman–Crippen LogP) is 7.13. The minimum atomic E-state index is -1.25. The molecule has 0 radical (unpaired) electrons. The molecule has 5 heteroatoms. The van der Waals surface area contributed by atoms with Crippen LogP contribution in [0.1, 0.15) is 29.0 Å². The zero-order valence-electron chi connectivity index (χ0n) is 21.4. The first-order valence-electron chi connectivity index (χ1n) is 12.5. The van der Waals surface area contributed by atoms with Crippen LogP contribution in [0.25, 0.3) is 21.7 Å². The van der Waals surface area contributed by atoms with E-state index in [1.807, 2.05) is 68.7 Å². The Labute approximate surface area is 226 Å². The van der Waals surface area contributed by atoms with Crippen molar-refractivity contribution in [3.8, 4) is 5.88 Å². The average molecular weight is 556 g/mol. The Morgan fingerprint density at radius 3 is 2.35 bits per heavy atom. The topological polar surface area (TPSA) is 45.6 Å². The van der Waals surface area contributed by atoms with E-state index in [2.05, 4.69) is 63.3 Å². The Morgan fingerprint density at radius 1 is 0.892 bits per heavy atom. The molecule has 0 saturated carbocycles. The molecule has 5 rings (SSSR count). The third kappa shape index (κ3) is 4.87. The van der Waals surface area contributed by atoms with Crippen LogP contribution in [0.5, 0.6) is 5.88 Å². The molecule has 1 heterocycles. The number of halogens is 1. The van der Waals surface area contributed by atoms with Crippen molar-refractivity contribution in [2.45, 2.75) is 17.9 Å². The highest BCUT2D eigenvalue weighted by atomic mass is 79.9. The zero-order chi connectivity index (χ0) is 26.0. The minimum Gasteiger partial charge on any atom is -0.481 e. The van der Waals surface area contributed by atoms with Crippen LogP contribution in [0.2, 0.25) is 0 Å². The fraction of sp³-hybridized carbons (Fsp3) is 0.219. The first kappa shape index (κ1) is 25.4. The summed E-state index contributed by atoms with van der Waals surface area (Å²) in [6, 6.07) is 32.7. The third-order valence-corrected chi connectivity index (χ3v) is 7.80. The number of aromatic nitrogens is 1. The molecular weight excluding hydrogens is 524 g/mol. The largest absolute Gasteiger partial charge is 0.481 e. The smallest absolute Gasteiger partial charge is 0.217 e. The molecule has 4 nitrogen and oxygen atoms in total. The highest BCUT2D eigenvalue weighted by Crippen LogP contribution is 2.49. The molecule has 1 N–H and O–H groups in total. The van der Waals surface area contributed by atoms with E-state index in [4.69, 9.17) is 9.72 Å². The SMILES string of the molecule is COc1nc2cccc(Br)c2cc1C(c1ccccc1)[C@](O)(CCN(C)C)c1cccc2ccccc12. The van der Waals surface area contributed by atoms with E-state index in [1.165, 1.54) is 0 Å². The second kappa shape index (κ2) is 10.6. The van der Waals surface area contributed by atoms with Crippen LogP contribution in [-0.4, -0.2) is 42.7 Å². The lowest BCUT2D eigenvalue weighted by molar-refractivity contribution is 0.00520. The van der Waals surface area contributed by atoms with Gasteiger partial charge in [-0.2, -0.15) is 0 Å². The molecule has 188 valence electrons. The maximum Gasteiger partial charge on any atom is 0.217 e. The number of rotatable bonds is 8. The summed E-state index contributed by atoms with van der Waals surface area (Å²) in [6.45, 7) is 0.704. The van der Waals surface area contributed by atoms with Gasteiger partial charge in [0.15, 0.2) is 0 Å². The van der Waals surface area contributed by atoms with Crippen LogP contribution in [0.3, 0.4) is 0 Å². The first-order valence-corrected chi connectivity index (χ1v) is 13.2. The number of ether oxygens (including phenoxy) is 1. The molecule has 0 amide bonds. The molecule has 1 aromatic heterocycles. The second-order valence-electron chi connectivity index (χ2n) is 9.74. The molecule has 0 spiro atoms. The Balaban J connectivity index is 1.85. The fourth-order valence-corrected chi connectivity index (χ4v) is 5.79. The standard InChI is InChI=1S/C32H31BrN2O2/c1-35(2)20-19-32(36,27-16-9-14-22-11-7-8-15-24(22)27)30(23-12-5-4-6-13-23)26-21-25-28(33)17-10-18-29(25)34-31(26)37-3/h4-18,21,30,36H,19-20H2,1-3H3/t30?,32-/m0/s1. The van der Waals surface area contributed by atoms with Crippen LogP contribution in [-0.2, 0) is 5.60 Å². The van der Waals surface area contributed by atoms with Gasteiger partial charge in [-0.15, -0.1) is 0 Å². The van der Waals surface area contributed by atoms with Crippen molar-refractivity contribution in [3.05, 3.63) is 118 Å². The monoisotopic (exact) mass is 554 g/mol. The second-order valence-corrected chi connectivity index (χ2v) is 10.6. The van der Waals surface area contributed by atoms with Gasteiger partial charge in [-0.25, -0.2) is 4.98 Å². The van der Waals surface area contributed by atoms with Gasteiger partial charge in [0, 0.05) is 27.9 Å². The summed E-state index contributed by atoms with van der Waals surface area (Å²) < 4.78 is 6.85. The molecule has 2 atom stereocenters. The van der Waals surface area contributed by atoms with Gasteiger partial charge in [0.05, 0.1) is 12.6 Å². The minimum absolute atomic E-state index is 0.432. The van der Waals surface area contributed by atoms with Crippen molar-refractivity contribution in [2.75, 3.05) is 27.7 Å². The lowest BCUT2D eigenvalue weighted by Crippen LogP contribution is -2.38. The van der Waals surface area contributed by atoms with E-state index < -0.39 is 11.5 Å². The van der Waals surface area contributed by atoms with Crippen molar-refractivity contribution in [3.63, 3.8) is 0 Å². The number of hydrogen-bond acceptors (Lipinski definition) is 4. The van der Waals surface area contributed by atoms with Gasteiger partial charge >= 0.3 is 0 Å². The summed E-state index contributed by atoms with van der Waals surface area (Å²) in [4.78, 5) is 7.01. The van der Waals surface area contributed by atoms with E-state index in [9.17, 15) is 5.11 Å². The first-order chi connectivity index (χ1) is 17.9. The fourth-order valence-electron chi connectivity index (χ4n) is 5.32. The van der Waals surface area contributed by atoms with Gasteiger partial charge in [0.1, 0.15) is 5.60 Å². The summed E-state index contributed by atoms with van der Waals surface area (Å²) in [6.07, 6.45) is 0.519. The normalized spacial score (nSPS) is 14.1. The Bertz CT molecular complexity index is 1530. The van der Waals surface area contributed by atoms with E-state index in [0.29, 0.717) is 18.8 Å². The quantitative estimate of drug-likeness (QED) is 0.221. The van der Waals surface area contributed by atoms with E-state index in [-0.39, 0.29) is 0 Å². The summed E-state index contributed by atoms with van der Waals surface area (Å²) in [5.74, 6) is 0.0846. The molecule has 0 saturated heterocycles. The molecule has 4 aromatic carbocycles. The lowest BCUT2D eigenvalue weighted by atomic mass is 9.70. The summed E-state index contributed by atoms with van der Waals surface area (Å²) in [7, 11) is 5.72. The van der Waals surface area contributed by atoms with Crippen LogP contribution >= 0.6 is 15.9 Å². The lowest BCUT2D eigenvalue weighted by Gasteiger charge is -2.39. The molecular formula is C32H31BrN2O2. The van der Waals surface area contributed by atoms with E-state index >= 15 is 0 Å². The predicted molar refractivity (Wildman–Crippen MR) is 155 cm³/mol. The Morgan fingerprint density at radius 2 is 1.59 bits per heavy atom. The van der Waals surface area contributed by atoms with Crippen molar-refractivity contribution < 1.29 is 9.84 Å². The Kier molecular flexibility index (Phi) is 7.29. The zero-order valence-corrected chi connectivity index (χ0v) is 22.9. The molecule has 0 aliphatic carbocycles. The van der Waals surface area contributed by atoms with Crippen molar-refractivity contribution in [1.29, 1.82) is 0 Å². The van der Waals surface area contributed by atoms with Gasteiger partial charge in [-0.05, 0) is 60.6 Å². The third-order valence-electron chi connectivity index (χ3n) is 7.11. The maximum absolute atomic E-state index is 13.0. The van der Waals surface area contributed by atoms with Gasteiger partial charge < -0.3 is 14.7 Å². The number of methoxy groups -OCH3 is 1. The van der Waals surface area contributed by atoms with Gasteiger partial charge in [-0.1, -0.05) is 94.8 Å². The molecule has 0 bridgehead atoms. The van der Waals surface area contributed by atoms with E-state index in [0.717, 1.165) is 42.8 Å². The number of nitrogens with zero attached hydrogens (tertiary/aromatic N) is 2. The average Bonchev–Trinajstić information content (AvgIpc) is 2.92. The van der Waals surface area contributed by atoms with Gasteiger partial charge in [0.25, 0.3) is 0 Å². The number of fused-ring (bicyclic) bond motifs is 2. The maximum atomic E-state index is 13.0. The van der Waals surface area contributed by atoms with Gasteiger partial charge in [-0.3, -0.25) is 0 Å². The van der Waals surface area contributed by atoms with E-state index in [1.54, 1.807) is 7.11 Å². The summed E-state index contributed by atoms with van der Waals surface area (Å²) in [5.41, 5.74) is 2.33. The highest BCUT2D eigenvalue weighted by molar-refractivity contribution is 9.10. The van der Waals surface area contributed by atoms with Crippen molar-refractivity contribution in [1.82, 2.24) is 9.88 Å². The molecule has 5 aromatic rings. The van der Waals surface area contributed by atoms with Crippen molar-refractivity contribution in [2.24, 2.45) is 0 Å². The molecule has 1 unspecified atom stereocenters. The van der Waals surface area contributed by atoms with Gasteiger partial charge in [0.2, 0.25) is 5.88 Å². The number of hydrogen-bond donors (Lipinski definition) is 1. The van der Waals surface area contributed by atoms with Crippen LogP contribution in [0.15, 0.2) is 102 Å². The molecule has 0 aliphatic heterocycles. The van der Waals surface area contributed by atoms with Crippen LogP contribution in [0, 0.1) is 0 Å². The number of pyridine rings is 1. The molecule has 0 aliphatic rings. The Hall–Kier alpha value is -3.25. The highest BCUT2D eigenvalue weighted by Gasteiger charge is 2.43. The molecule has 0 fully saturated rings. The molecule has 37 heavy (non-hydrogen) atoms. The van der Waals surface area contributed by atoms with Crippen LogP contribution < -0.4 is 4.74 Å².